The Morgan fingerprint density at radius 2 is 0.886 bits per heavy atom. The van der Waals surface area contributed by atoms with Crippen molar-refractivity contribution in [1.82, 2.24) is 4.31 Å². The molecule has 2 N–H and O–H groups in total. The standard InChI is InChI=1S/C33H30N4O3S2.C19H18N4O3S2/c1-24-21-28(17-20-30(24)34-4)36-31(38)33(2,3)37(32(36)41)27-15-18-29(19-16-27)42(39,40)35(22-25-11-7-5-8-12-25)23-26-13-9-6-10-14-26;1-12-11-14(7-10-16(12)21-4)22-17(24)19(2,3)23(18(22)27)13-5-8-15(9-6-13)28(20,25)26/h5-21H,22-23H2,1-3H3;5-11H,1-3H3,(H2,20,25,26). The van der Waals surface area contributed by atoms with Crippen LogP contribution in [0.25, 0.3) is 9.69 Å². The van der Waals surface area contributed by atoms with Gasteiger partial charge in [-0.3, -0.25) is 19.4 Å². The summed E-state index contributed by atoms with van der Waals surface area (Å²) in [5.74, 6) is -0.431. The molecule has 2 aliphatic rings. The summed E-state index contributed by atoms with van der Waals surface area (Å²) in [6.07, 6.45) is 0. The lowest BCUT2D eigenvalue weighted by Gasteiger charge is -2.29. The van der Waals surface area contributed by atoms with Gasteiger partial charge in [0.25, 0.3) is 11.8 Å². The van der Waals surface area contributed by atoms with Crippen molar-refractivity contribution < 1.29 is 26.4 Å². The van der Waals surface area contributed by atoms with Gasteiger partial charge in [0, 0.05) is 35.8 Å². The molecule has 14 nitrogen and oxygen atoms in total. The number of thiocarbonyl (C=S) groups is 2. The van der Waals surface area contributed by atoms with Crippen LogP contribution in [-0.2, 0) is 42.7 Å². The fourth-order valence-corrected chi connectivity index (χ4v) is 11.2. The van der Waals surface area contributed by atoms with Gasteiger partial charge in [-0.1, -0.05) is 72.8 Å². The summed E-state index contributed by atoms with van der Waals surface area (Å²) in [6, 6.07) is 41.7. The predicted octanol–water partition coefficient (Wildman–Crippen LogP) is 9.96. The van der Waals surface area contributed by atoms with Gasteiger partial charge in [-0.15, -0.1) is 0 Å². The molecule has 6 aromatic rings. The zero-order chi connectivity index (χ0) is 50.9. The molecule has 0 aromatic heterocycles. The van der Waals surface area contributed by atoms with E-state index >= 15 is 0 Å². The maximum Gasteiger partial charge on any atom is 0.259 e. The number of rotatable bonds is 11. The number of anilines is 4. The van der Waals surface area contributed by atoms with Crippen LogP contribution in [0.15, 0.2) is 155 Å². The molecular weight excluding hydrogens is 961 g/mol. The number of carbonyl (C=O) groups is 2. The van der Waals surface area contributed by atoms with Crippen LogP contribution in [0.3, 0.4) is 0 Å². The third-order valence-electron chi connectivity index (χ3n) is 12.0. The zero-order valence-corrected chi connectivity index (χ0v) is 42.3. The fraction of sp³-hybridized carbons (Fsp3) is 0.192. The summed E-state index contributed by atoms with van der Waals surface area (Å²) in [5.41, 5.74) is 4.64. The van der Waals surface area contributed by atoms with Crippen molar-refractivity contribution in [2.24, 2.45) is 5.14 Å². The summed E-state index contributed by atoms with van der Waals surface area (Å²) in [7, 11) is -7.69. The van der Waals surface area contributed by atoms with Gasteiger partial charge < -0.3 is 9.80 Å². The van der Waals surface area contributed by atoms with Crippen molar-refractivity contribution in [3.63, 3.8) is 0 Å². The van der Waals surface area contributed by atoms with E-state index in [0.717, 1.165) is 22.3 Å². The number of hydrogen-bond donors (Lipinski definition) is 1. The first-order chi connectivity index (χ1) is 33.0. The van der Waals surface area contributed by atoms with Crippen LogP contribution < -0.4 is 24.7 Å². The molecular formula is C52H48N8O6S4. The quantitative estimate of drug-likeness (QED) is 0.0981. The van der Waals surface area contributed by atoms with Crippen LogP contribution in [0.4, 0.5) is 34.1 Å². The molecule has 2 fully saturated rings. The van der Waals surface area contributed by atoms with E-state index < -0.39 is 31.1 Å². The van der Waals surface area contributed by atoms with E-state index in [1.807, 2.05) is 67.6 Å². The summed E-state index contributed by atoms with van der Waals surface area (Å²) in [6.45, 7) is 25.6. The fourth-order valence-electron chi connectivity index (χ4n) is 8.22. The van der Waals surface area contributed by atoms with E-state index in [1.54, 1.807) is 117 Å². The summed E-state index contributed by atoms with van der Waals surface area (Å²) in [5, 5.41) is 5.70. The number of carbonyl (C=O) groups excluding carboxylic acids is 2. The first kappa shape index (κ1) is 50.7. The van der Waals surface area contributed by atoms with Gasteiger partial charge in [-0.25, -0.2) is 31.7 Å². The number of amides is 2. The van der Waals surface area contributed by atoms with Crippen molar-refractivity contribution in [2.75, 3.05) is 19.6 Å². The predicted molar refractivity (Wildman–Crippen MR) is 282 cm³/mol. The maximum absolute atomic E-state index is 13.9. The minimum atomic E-state index is -3.88. The van der Waals surface area contributed by atoms with E-state index in [9.17, 15) is 26.4 Å². The molecule has 0 bridgehead atoms. The second-order valence-corrected chi connectivity index (χ2v) is 21.8. The Bertz CT molecular complexity index is 3310. The summed E-state index contributed by atoms with van der Waals surface area (Å²) < 4.78 is 52.3. The Hall–Kier alpha value is -7.16. The van der Waals surface area contributed by atoms with Crippen molar-refractivity contribution in [3.05, 3.63) is 191 Å². The first-order valence-corrected chi connectivity index (χ1v) is 25.5. The number of aryl methyl sites for hydroxylation is 2. The van der Waals surface area contributed by atoms with Crippen molar-refractivity contribution in [1.29, 1.82) is 0 Å². The van der Waals surface area contributed by atoms with Gasteiger partial charge in [-0.05, 0) is 161 Å². The molecule has 6 aromatic carbocycles. The number of hydrogen-bond acceptors (Lipinski definition) is 8. The lowest BCUT2D eigenvalue weighted by atomic mass is 10.0. The molecule has 2 heterocycles. The number of primary sulfonamides is 1. The van der Waals surface area contributed by atoms with Gasteiger partial charge >= 0.3 is 0 Å². The average molecular weight is 1010 g/mol. The average Bonchev–Trinajstić information content (AvgIpc) is 3.62. The molecule has 8 rings (SSSR count). The molecule has 356 valence electrons. The third-order valence-corrected chi connectivity index (χ3v) is 15.5. The van der Waals surface area contributed by atoms with Crippen LogP contribution in [0, 0.1) is 27.0 Å². The molecule has 0 saturated carbocycles. The molecule has 0 unspecified atom stereocenters. The van der Waals surface area contributed by atoms with Crippen LogP contribution in [-0.4, -0.2) is 54.3 Å². The monoisotopic (exact) mass is 1010 g/mol. The molecule has 2 amide bonds. The summed E-state index contributed by atoms with van der Waals surface area (Å²) >= 11 is 11.4. The molecule has 2 aliphatic heterocycles. The normalized spacial score (nSPS) is 15.5. The number of nitrogens with two attached hydrogens (primary N) is 1. The Balaban J connectivity index is 0.000000224. The van der Waals surface area contributed by atoms with E-state index in [1.165, 1.54) is 26.2 Å². The highest BCUT2D eigenvalue weighted by Gasteiger charge is 2.51. The minimum absolute atomic E-state index is 0.0206. The van der Waals surface area contributed by atoms with Crippen LogP contribution in [0.5, 0.6) is 0 Å². The number of sulfonamides is 2. The van der Waals surface area contributed by atoms with Crippen molar-refractivity contribution in [2.45, 2.75) is 75.5 Å². The highest BCUT2D eigenvalue weighted by molar-refractivity contribution is 7.89. The Morgan fingerprint density at radius 3 is 1.21 bits per heavy atom. The lowest BCUT2D eigenvalue weighted by molar-refractivity contribution is -0.121. The van der Waals surface area contributed by atoms with Gasteiger partial charge in [-0.2, -0.15) is 4.31 Å². The first-order valence-electron chi connectivity index (χ1n) is 21.7. The Labute approximate surface area is 419 Å². The largest absolute Gasteiger partial charge is 0.304 e. The van der Waals surface area contributed by atoms with E-state index in [4.69, 9.17) is 42.7 Å². The Kier molecular flexibility index (Phi) is 14.3. The molecule has 18 heteroatoms. The number of nitrogens with zero attached hydrogens (tertiary/aromatic N) is 7. The van der Waals surface area contributed by atoms with Crippen LogP contribution in [0.2, 0.25) is 0 Å². The molecule has 0 aliphatic carbocycles. The second kappa shape index (κ2) is 19.7. The topological polar surface area (TPSA) is 153 Å². The highest BCUT2D eigenvalue weighted by atomic mass is 32.2. The van der Waals surface area contributed by atoms with Gasteiger partial charge in [0.05, 0.1) is 22.9 Å². The van der Waals surface area contributed by atoms with E-state index in [-0.39, 0.29) is 44.9 Å². The summed E-state index contributed by atoms with van der Waals surface area (Å²) in [4.78, 5) is 40.1. The minimum Gasteiger partial charge on any atom is -0.304 e. The second-order valence-electron chi connectivity index (χ2n) is 17.6. The maximum atomic E-state index is 13.9. The van der Waals surface area contributed by atoms with E-state index in [0.29, 0.717) is 34.1 Å². The van der Waals surface area contributed by atoms with Crippen molar-refractivity contribution >= 4 is 101 Å². The van der Waals surface area contributed by atoms with Crippen LogP contribution in [0.1, 0.15) is 49.9 Å². The van der Waals surface area contributed by atoms with Crippen LogP contribution >= 0.6 is 24.4 Å². The number of benzene rings is 6. The molecule has 0 radical (unpaired) electrons. The van der Waals surface area contributed by atoms with Gasteiger partial charge in [0.15, 0.2) is 21.6 Å². The molecule has 0 spiro atoms. The van der Waals surface area contributed by atoms with Crippen molar-refractivity contribution in [3.8, 4) is 0 Å². The zero-order valence-electron chi connectivity index (χ0n) is 39.1. The SMILES string of the molecule is [C-]#[N+]c1ccc(N2C(=O)C(C)(C)N(c3ccc(S(=O)(=O)N(Cc4ccccc4)Cc4ccccc4)cc3)C2=S)cc1C.[C-]#[N+]c1ccc(N2C(=O)C(C)(C)N(c3ccc(S(N)(=O)=O)cc3)C2=S)cc1C. The molecule has 0 atom stereocenters. The third kappa shape index (κ3) is 9.83. The van der Waals surface area contributed by atoms with Gasteiger partial charge in [0.2, 0.25) is 20.0 Å². The smallest absolute Gasteiger partial charge is 0.259 e. The molecule has 2 saturated heterocycles. The highest BCUT2D eigenvalue weighted by Crippen LogP contribution is 2.40. The lowest BCUT2D eigenvalue weighted by Crippen LogP contribution is -2.44. The van der Waals surface area contributed by atoms with E-state index in [2.05, 4.69) is 9.69 Å². The van der Waals surface area contributed by atoms with Gasteiger partial charge in [0.1, 0.15) is 11.1 Å². The Morgan fingerprint density at radius 1 is 0.543 bits per heavy atom. The molecule has 70 heavy (non-hydrogen) atoms.